The van der Waals surface area contributed by atoms with Gasteiger partial charge >= 0.3 is 0 Å². The van der Waals surface area contributed by atoms with Crippen LogP contribution in [0.3, 0.4) is 0 Å². The molecule has 1 heterocycles. The summed E-state index contributed by atoms with van der Waals surface area (Å²) in [6.07, 6.45) is 0.730. The van der Waals surface area contributed by atoms with E-state index in [0.717, 1.165) is 23.3 Å². The molecular weight excluding hydrogens is 416 g/mol. The van der Waals surface area contributed by atoms with Crippen molar-refractivity contribution in [3.8, 4) is 11.5 Å². The van der Waals surface area contributed by atoms with Gasteiger partial charge in [-0.25, -0.2) is 0 Å². The van der Waals surface area contributed by atoms with Gasteiger partial charge in [-0.15, -0.1) is 0 Å². The van der Waals surface area contributed by atoms with E-state index in [2.05, 4.69) is 0 Å². The first-order chi connectivity index (χ1) is 14.9. The van der Waals surface area contributed by atoms with Crippen molar-refractivity contribution in [2.45, 2.75) is 27.2 Å². The second-order valence-electron chi connectivity index (χ2n) is 7.64. The van der Waals surface area contributed by atoms with Crippen molar-refractivity contribution in [2.24, 2.45) is 0 Å². The molecule has 0 spiro atoms. The van der Waals surface area contributed by atoms with Crippen molar-refractivity contribution in [2.75, 3.05) is 39.4 Å². The predicted octanol–water partition coefficient (Wildman–Crippen LogP) is 4.11. The third-order valence-electron chi connectivity index (χ3n) is 5.32. The van der Waals surface area contributed by atoms with Crippen LogP contribution in [0.5, 0.6) is 11.5 Å². The van der Waals surface area contributed by atoms with E-state index in [1.807, 2.05) is 45.0 Å². The third kappa shape index (κ3) is 5.91. The van der Waals surface area contributed by atoms with Crippen LogP contribution in [0.25, 0.3) is 0 Å². The van der Waals surface area contributed by atoms with Crippen LogP contribution >= 0.6 is 11.6 Å². The molecule has 0 atom stereocenters. The van der Waals surface area contributed by atoms with E-state index in [1.54, 1.807) is 21.9 Å². The Hall–Kier alpha value is -2.73. The van der Waals surface area contributed by atoms with E-state index in [9.17, 15) is 9.59 Å². The maximum absolute atomic E-state index is 12.8. The summed E-state index contributed by atoms with van der Waals surface area (Å²) in [6, 6.07) is 10.9. The van der Waals surface area contributed by atoms with E-state index >= 15 is 0 Å². The molecule has 3 rings (SSSR count). The summed E-state index contributed by atoms with van der Waals surface area (Å²) in [6.45, 7) is 8.51. The van der Waals surface area contributed by atoms with Gasteiger partial charge in [0.1, 0.15) is 11.5 Å². The summed E-state index contributed by atoms with van der Waals surface area (Å²) in [7, 11) is 0. The first-order valence-corrected chi connectivity index (χ1v) is 11.0. The van der Waals surface area contributed by atoms with E-state index in [1.165, 1.54) is 0 Å². The van der Waals surface area contributed by atoms with Gasteiger partial charge in [0.25, 0.3) is 11.8 Å². The fourth-order valence-corrected chi connectivity index (χ4v) is 3.75. The van der Waals surface area contributed by atoms with E-state index in [-0.39, 0.29) is 18.4 Å². The molecule has 1 fully saturated rings. The Morgan fingerprint density at radius 1 is 0.903 bits per heavy atom. The first-order valence-electron chi connectivity index (χ1n) is 10.6. The molecule has 1 aliphatic rings. The molecule has 2 amide bonds. The average molecular weight is 445 g/mol. The molecule has 6 nitrogen and oxygen atoms in total. The lowest BCUT2D eigenvalue weighted by atomic mass is 10.1. The summed E-state index contributed by atoms with van der Waals surface area (Å²) >= 11 is 6.19. The summed E-state index contributed by atoms with van der Waals surface area (Å²) in [5.74, 6) is 1.27. The van der Waals surface area contributed by atoms with E-state index in [4.69, 9.17) is 21.1 Å². The highest BCUT2D eigenvalue weighted by molar-refractivity contribution is 6.32. The molecule has 0 radical (unpaired) electrons. The van der Waals surface area contributed by atoms with Crippen molar-refractivity contribution in [1.29, 1.82) is 0 Å². The second-order valence-corrected chi connectivity index (χ2v) is 8.02. The molecule has 0 unspecified atom stereocenters. The molecule has 2 aromatic rings. The van der Waals surface area contributed by atoms with E-state index in [0.29, 0.717) is 49.1 Å². The molecule has 0 saturated carbocycles. The van der Waals surface area contributed by atoms with Gasteiger partial charge in [0.05, 0.1) is 6.61 Å². The highest BCUT2D eigenvalue weighted by Gasteiger charge is 2.23. The number of carbonyl (C=O) groups excluding carboxylic acids is 2. The lowest BCUT2D eigenvalue weighted by Crippen LogP contribution is -2.39. The zero-order chi connectivity index (χ0) is 22.4. The zero-order valence-electron chi connectivity index (χ0n) is 18.3. The van der Waals surface area contributed by atoms with Crippen LogP contribution in [0.15, 0.2) is 36.4 Å². The standard InChI is InChI=1S/C24H29ClN2O4/c1-4-30-20-8-6-19(7-9-20)24(29)27-11-5-10-26(12-13-27)22(28)16-31-21-14-17(2)23(25)18(3)15-21/h6-9,14-15H,4-5,10-13,16H2,1-3H3. The minimum Gasteiger partial charge on any atom is -0.494 e. The predicted molar refractivity (Wildman–Crippen MR) is 121 cm³/mol. The molecular formula is C24H29ClN2O4. The van der Waals surface area contributed by atoms with Crippen molar-refractivity contribution < 1.29 is 19.1 Å². The van der Waals surface area contributed by atoms with Gasteiger partial charge in [-0.2, -0.15) is 0 Å². The highest BCUT2D eigenvalue weighted by Crippen LogP contribution is 2.26. The van der Waals surface area contributed by atoms with Gasteiger partial charge in [-0.3, -0.25) is 9.59 Å². The third-order valence-corrected chi connectivity index (χ3v) is 5.92. The summed E-state index contributed by atoms with van der Waals surface area (Å²) in [5, 5.41) is 0.712. The number of amides is 2. The van der Waals surface area contributed by atoms with Crippen LogP contribution in [0.2, 0.25) is 5.02 Å². The monoisotopic (exact) mass is 444 g/mol. The molecule has 1 aliphatic heterocycles. The Morgan fingerprint density at radius 3 is 2.16 bits per heavy atom. The average Bonchev–Trinajstić information content (AvgIpc) is 3.02. The molecule has 166 valence electrons. The van der Waals surface area contributed by atoms with Crippen molar-refractivity contribution in [3.05, 3.63) is 58.1 Å². The van der Waals surface area contributed by atoms with Crippen LogP contribution < -0.4 is 9.47 Å². The van der Waals surface area contributed by atoms with Gasteiger partial charge in [0, 0.05) is 36.8 Å². The minimum absolute atomic E-state index is 0.0271. The summed E-state index contributed by atoms with van der Waals surface area (Å²) in [5.41, 5.74) is 2.46. The number of ether oxygens (including phenoxy) is 2. The van der Waals surface area contributed by atoms with Crippen LogP contribution in [-0.2, 0) is 4.79 Å². The van der Waals surface area contributed by atoms with Crippen LogP contribution in [0.1, 0.15) is 34.8 Å². The lowest BCUT2D eigenvalue weighted by molar-refractivity contribution is -0.133. The second kappa shape index (κ2) is 10.5. The van der Waals surface area contributed by atoms with Crippen LogP contribution in [0, 0.1) is 13.8 Å². The topological polar surface area (TPSA) is 59.1 Å². The van der Waals surface area contributed by atoms with Crippen LogP contribution in [0.4, 0.5) is 0 Å². The number of rotatable bonds is 6. The molecule has 1 saturated heterocycles. The molecule has 0 aromatic heterocycles. The SMILES string of the molecule is CCOc1ccc(C(=O)N2CCCN(C(=O)COc3cc(C)c(Cl)c(C)c3)CC2)cc1. The zero-order valence-corrected chi connectivity index (χ0v) is 19.1. The largest absolute Gasteiger partial charge is 0.494 e. The summed E-state index contributed by atoms with van der Waals surface area (Å²) in [4.78, 5) is 29.1. The van der Waals surface area contributed by atoms with Gasteiger partial charge in [-0.1, -0.05) is 11.6 Å². The Balaban J connectivity index is 1.54. The maximum Gasteiger partial charge on any atom is 0.260 e. The molecule has 0 N–H and O–H groups in total. The number of aryl methyl sites for hydroxylation is 2. The quantitative estimate of drug-likeness (QED) is 0.672. The number of benzene rings is 2. The maximum atomic E-state index is 12.8. The first kappa shape index (κ1) is 22.9. The Morgan fingerprint density at radius 2 is 1.52 bits per heavy atom. The number of hydrogen-bond donors (Lipinski definition) is 0. The number of halogens is 1. The molecule has 0 aliphatic carbocycles. The minimum atomic E-state index is -0.0828. The van der Waals surface area contributed by atoms with Gasteiger partial charge < -0.3 is 19.3 Å². The van der Waals surface area contributed by atoms with Gasteiger partial charge in [-0.05, 0) is 74.7 Å². The number of nitrogens with zero attached hydrogens (tertiary/aromatic N) is 2. The van der Waals surface area contributed by atoms with E-state index < -0.39 is 0 Å². The fourth-order valence-electron chi connectivity index (χ4n) is 3.64. The Bertz CT molecular complexity index is 907. The fraction of sp³-hybridized carbons (Fsp3) is 0.417. The molecule has 31 heavy (non-hydrogen) atoms. The normalized spacial score (nSPS) is 14.2. The smallest absolute Gasteiger partial charge is 0.260 e. The van der Waals surface area contributed by atoms with Gasteiger partial charge in [0.2, 0.25) is 0 Å². The van der Waals surface area contributed by atoms with Crippen molar-refractivity contribution in [1.82, 2.24) is 9.80 Å². The Kier molecular flexibility index (Phi) is 7.80. The summed E-state index contributed by atoms with van der Waals surface area (Å²) < 4.78 is 11.1. The Labute approximate surface area is 188 Å². The van der Waals surface area contributed by atoms with Gasteiger partial charge in [0.15, 0.2) is 6.61 Å². The van der Waals surface area contributed by atoms with Crippen LogP contribution in [-0.4, -0.2) is 61.0 Å². The molecule has 7 heteroatoms. The van der Waals surface area contributed by atoms with Crippen molar-refractivity contribution >= 4 is 23.4 Å². The van der Waals surface area contributed by atoms with Crippen molar-refractivity contribution in [3.63, 3.8) is 0 Å². The number of carbonyl (C=O) groups is 2. The molecule has 2 aromatic carbocycles. The highest BCUT2D eigenvalue weighted by atomic mass is 35.5. The number of hydrogen-bond acceptors (Lipinski definition) is 4. The molecule has 0 bridgehead atoms. The lowest BCUT2D eigenvalue weighted by Gasteiger charge is -2.22.